The number of carbonyl (C=O) groups excluding carboxylic acids is 3. The standard InChI is InChI=1S/C18H20BrF3N4O4S/c1-4-7-30-17(29)11-8(2)13(15(23)28)31-16(11)24-10(27)5-6-26-9(3)12(19)14(25-26)18(20,21)22/h4-7H2,1-3H3,(H2,23,28)(H,24,27). The molecule has 0 unspecified atom stereocenters. The number of anilines is 1. The van der Waals surface area contributed by atoms with Crippen LogP contribution < -0.4 is 11.1 Å². The molecule has 0 aliphatic heterocycles. The highest BCUT2D eigenvalue weighted by Crippen LogP contribution is 2.36. The van der Waals surface area contributed by atoms with Gasteiger partial charge in [-0.1, -0.05) is 6.92 Å². The number of ether oxygens (including phenoxy) is 1. The first-order valence-electron chi connectivity index (χ1n) is 9.08. The van der Waals surface area contributed by atoms with Crippen LogP contribution in [0.15, 0.2) is 4.47 Å². The van der Waals surface area contributed by atoms with Gasteiger partial charge in [0, 0.05) is 6.42 Å². The summed E-state index contributed by atoms with van der Waals surface area (Å²) in [6, 6.07) is 0. The molecule has 13 heteroatoms. The van der Waals surface area contributed by atoms with Crippen molar-refractivity contribution in [2.24, 2.45) is 5.73 Å². The maximum atomic E-state index is 13.0. The van der Waals surface area contributed by atoms with Gasteiger partial charge in [0.05, 0.1) is 33.8 Å². The van der Waals surface area contributed by atoms with E-state index in [1.54, 1.807) is 0 Å². The molecule has 3 N–H and O–H groups in total. The van der Waals surface area contributed by atoms with Crippen LogP contribution in [0.1, 0.15) is 56.7 Å². The number of nitrogens with two attached hydrogens (primary N) is 1. The molecule has 0 bridgehead atoms. The van der Waals surface area contributed by atoms with Crippen LogP contribution >= 0.6 is 27.3 Å². The lowest BCUT2D eigenvalue weighted by Crippen LogP contribution is -2.17. The highest BCUT2D eigenvalue weighted by molar-refractivity contribution is 9.10. The van der Waals surface area contributed by atoms with Gasteiger partial charge in [-0.3, -0.25) is 14.3 Å². The molecule has 0 fully saturated rings. The summed E-state index contributed by atoms with van der Waals surface area (Å²) in [6.07, 6.45) is -4.28. The van der Waals surface area contributed by atoms with E-state index in [4.69, 9.17) is 10.5 Å². The van der Waals surface area contributed by atoms with Gasteiger partial charge in [-0.2, -0.15) is 18.3 Å². The second kappa shape index (κ2) is 9.81. The number of esters is 1. The summed E-state index contributed by atoms with van der Waals surface area (Å²) in [5.41, 5.74) is 4.78. The monoisotopic (exact) mass is 524 g/mol. The van der Waals surface area contributed by atoms with Crippen molar-refractivity contribution in [2.75, 3.05) is 11.9 Å². The van der Waals surface area contributed by atoms with E-state index in [1.807, 2.05) is 6.92 Å². The molecule has 0 saturated heterocycles. The lowest BCUT2D eigenvalue weighted by atomic mass is 10.1. The van der Waals surface area contributed by atoms with Gasteiger partial charge in [-0.15, -0.1) is 11.3 Å². The Hall–Kier alpha value is -2.41. The molecule has 0 atom stereocenters. The van der Waals surface area contributed by atoms with Gasteiger partial charge in [-0.25, -0.2) is 4.79 Å². The summed E-state index contributed by atoms with van der Waals surface area (Å²) < 4.78 is 44.9. The lowest BCUT2D eigenvalue weighted by molar-refractivity contribution is -0.142. The largest absolute Gasteiger partial charge is 0.462 e. The number of amides is 2. The Morgan fingerprint density at radius 3 is 2.45 bits per heavy atom. The first kappa shape index (κ1) is 24.9. The zero-order valence-corrected chi connectivity index (χ0v) is 19.3. The molecule has 8 nitrogen and oxygen atoms in total. The minimum absolute atomic E-state index is 0.0259. The Bertz CT molecular complexity index is 1020. The normalized spacial score (nSPS) is 11.5. The van der Waals surface area contributed by atoms with Crippen LogP contribution in [0.2, 0.25) is 0 Å². The summed E-state index contributed by atoms with van der Waals surface area (Å²) in [6.45, 7) is 4.79. The number of hydrogen-bond acceptors (Lipinski definition) is 6. The van der Waals surface area contributed by atoms with E-state index in [2.05, 4.69) is 26.3 Å². The second-order valence-electron chi connectivity index (χ2n) is 6.53. The van der Waals surface area contributed by atoms with E-state index in [0.717, 1.165) is 16.0 Å². The Morgan fingerprint density at radius 2 is 1.94 bits per heavy atom. The molecule has 2 rings (SSSR count). The minimum atomic E-state index is -4.63. The van der Waals surface area contributed by atoms with Crippen LogP contribution in [0.4, 0.5) is 18.2 Å². The smallest absolute Gasteiger partial charge is 0.436 e. The molecule has 2 amide bonds. The summed E-state index contributed by atoms with van der Waals surface area (Å²) in [5, 5.41) is 6.12. The molecule has 0 aromatic carbocycles. The van der Waals surface area contributed by atoms with Gasteiger partial charge >= 0.3 is 12.1 Å². The predicted molar refractivity (Wildman–Crippen MR) is 111 cm³/mol. The number of alkyl halides is 3. The summed E-state index contributed by atoms with van der Waals surface area (Å²) in [4.78, 5) is 36.5. The fourth-order valence-corrected chi connectivity index (χ4v) is 4.24. The number of aryl methyl sites for hydroxylation is 1. The van der Waals surface area contributed by atoms with Crippen molar-refractivity contribution in [3.63, 3.8) is 0 Å². The Balaban J connectivity index is 2.20. The van der Waals surface area contributed by atoms with Crippen molar-refractivity contribution < 1.29 is 32.3 Å². The third kappa shape index (κ3) is 5.64. The van der Waals surface area contributed by atoms with Crippen LogP contribution in [-0.2, 0) is 22.3 Å². The van der Waals surface area contributed by atoms with Crippen molar-refractivity contribution in [1.82, 2.24) is 9.78 Å². The number of carbonyl (C=O) groups is 3. The van der Waals surface area contributed by atoms with Crippen LogP contribution in [0, 0.1) is 13.8 Å². The maximum Gasteiger partial charge on any atom is 0.436 e. The van der Waals surface area contributed by atoms with E-state index in [9.17, 15) is 27.6 Å². The third-order valence-corrected chi connectivity index (χ3v) is 6.39. The molecule has 2 aromatic heterocycles. The average molecular weight is 525 g/mol. The summed E-state index contributed by atoms with van der Waals surface area (Å²) in [5.74, 6) is -2.05. The highest BCUT2D eigenvalue weighted by atomic mass is 79.9. The third-order valence-electron chi connectivity index (χ3n) is 4.22. The van der Waals surface area contributed by atoms with E-state index in [0.29, 0.717) is 6.42 Å². The molecule has 0 saturated carbocycles. The first-order valence-corrected chi connectivity index (χ1v) is 10.7. The number of aromatic nitrogens is 2. The van der Waals surface area contributed by atoms with Crippen LogP contribution in [0.25, 0.3) is 0 Å². The molecule has 2 aromatic rings. The molecule has 0 aliphatic rings. The molecule has 0 spiro atoms. The molecular formula is C18H20BrF3N4O4S. The van der Waals surface area contributed by atoms with Crippen LogP contribution in [0.3, 0.4) is 0 Å². The number of nitrogens with zero attached hydrogens (tertiary/aromatic N) is 2. The Morgan fingerprint density at radius 1 is 1.29 bits per heavy atom. The van der Waals surface area contributed by atoms with Crippen molar-refractivity contribution in [3.05, 3.63) is 31.9 Å². The second-order valence-corrected chi connectivity index (χ2v) is 8.34. The topological polar surface area (TPSA) is 116 Å². The fraction of sp³-hybridized carbons (Fsp3) is 0.444. The molecule has 170 valence electrons. The average Bonchev–Trinajstić information content (AvgIpc) is 3.15. The number of nitrogens with one attached hydrogen (secondary N) is 1. The zero-order valence-electron chi connectivity index (χ0n) is 16.9. The molecular weight excluding hydrogens is 505 g/mol. The van der Waals surface area contributed by atoms with Crippen LogP contribution in [-0.4, -0.2) is 34.2 Å². The quantitative estimate of drug-likeness (QED) is 0.505. The zero-order chi connectivity index (χ0) is 23.5. The molecule has 0 aliphatic carbocycles. The van der Waals surface area contributed by atoms with Gasteiger partial charge in [0.1, 0.15) is 5.00 Å². The van der Waals surface area contributed by atoms with Gasteiger partial charge in [0.25, 0.3) is 5.91 Å². The van der Waals surface area contributed by atoms with Crippen molar-refractivity contribution in [2.45, 2.75) is 46.3 Å². The Labute approximate surface area is 188 Å². The summed E-state index contributed by atoms with van der Waals surface area (Å²) >= 11 is 3.70. The fourth-order valence-electron chi connectivity index (χ4n) is 2.67. The van der Waals surface area contributed by atoms with Crippen molar-refractivity contribution in [3.8, 4) is 0 Å². The first-order chi connectivity index (χ1) is 14.4. The number of primary amides is 1. The van der Waals surface area contributed by atoms with E-state index >= 15 is 0 Å². The van der Waals surface area contributed by atoms with Gasteiger partial charge in [0.2, 0.25) is 5.91 Å². The van der Waals surface area contributed by atoms with Crippen LogP contribution in [0.5, 0.6) is 0 Å². The van der Waals surface area contributed by atoms with Gasteiger partial charge in [0.15, 0.2) is 5.69 Å². The Kier molecular flexibility index (Phi) is 7.87. The van der Waals surface area contributed by atoms with Gasteiger partial charge in [-0.05, 0) is 41.8 Å². The molecule has 31 heavy (non-hydrogen) atoms. The van der Waals surface area contributed by atoms with Crippen molar-refractivity contribution >= 4 is 50.1 Å². The van der Waals surface area contributed by atoms with E-state index < -0.39 is 29.7 Å². The van der Waals surface area contributed by atoms with Gasteiger partial charge < -0.3 is 15.8 Å². The number of halogens is 4. The predicted octanol–water partition coefficient (Wildman–Crippen LogP) is 4.04. The minimum Gasteiger partial charge on any atom is -0.462 e. The number of rotatable bonds is 8. The highest BCUT2D eigenvalue weighted by Gasteiger charge is 2.38. The number of hydrogen-bond donors (Lipinski definition) is 2. The van der Waals surface area contributed by atoms with E-state index in [-0.39, 0.29) is 50.7 Å². The molecule has 2 heterocycles. The van der Waals surface area contributed by atoms with E-state index in [1.165, 1.54) is 13.8 Å². The van der Waals surface area contributed by atoms with Crippen molar-refractivity contribution in [1.29, 1.82) is 0 Å². The SMILES string of the molecule is CCCOC(=O)c1c(NC(=O)CCn2nc(C(F)(F)F)c(Br)c2C)sc(C(N)=O)c1C. The summed E-state index contributed by atoms with van der Waals surface area (Å²) in [7, 11) is 0. The lowest BCUT2D eigenvalue weighted by Gasteiger charge is -2.08. The molecule has 0 radical (unpaired) electrons. The maximum absolute atomic E-state index is 13.0. The number of thiophene rings is 1.